The van der Waals surface area contributed by atoms with E-state index in [0.29, 0.717) is 5.54 Å². The zero-order chi connectivity index (χ0) is 9.47. The van der Waals surface area contributed by atoms with Crippen molar-refractivity contribution in [2.45, 2.75) is 31.8 Å². The lowest BCUT2D eigenvalue weighted by Crippen LogP contribution is -2.26. The van der Waals surface area contributed by atoms with Gasteiger partial charge in [0.1, 0.15) is 5.76 Å². The van der Waals surface area contributed by atoms with Crippen molar-refractivity contribution in [3.63, 3.8) is 0 Å². The normalized spacial score (nSPS) is 19.0. The fraction of sp³-hybridized carbons (Fsp3) is 0.556. The molecular formula is C9H11Br2NO. The summed E-state index contributed by atoms with van der Waals surface area (Å²) >= 11 is 6.69. The van der Waals surface area contributed by atoms with Crippen LogP contribution in [0, 0.1) is 0 Å². The quantitative estimate of drug-likeness (QED) is 0.925. The highest BCUT2D eigenvalue weighted by atomic mass is 79.9. The number of furan rings is 1. The molecule has 1 fully saturated rings. The molecule has 72 valence electrons. The van der Waals surface area contributed by atoms with Crippen LogP contribution in [0.5, 0.6) is 0 Å². The van der Waals surface area contributed by atoms with E-state index in [4.69, 9.17) is 4.42 Å². The Kier molecular flexibility index (Phi) is 2.55. The van der Waals surface area contributed by atoms with Crippen LogP contribution in [0.1, 0.15) is 25.5 Å². The van der Waals surface area contributed by atoms with Crippen molar-refractivity contribution >= 4 is 31.9 Å². The Morgan fingerprint density at radius 1 is 1.54 bits per heavy atom. The second kappa shape index (κ2) is 3.41. The van der Waals surface area contributed by atoms with Crippen LogP contribution in [0.15, 0.2) is 19.6 Å². The maximum absolute atomic E-state index is 5.44. The Balaban J connectivity index is 1.94. The standard InChI is InChI=1S/C9H11Br2NO/c1-9(2-3-9)12-5-6-4-7(10)8(11)13-6/h4,12H,2-3,5H2,1H3. The minimum absolute atomic E-state index is 0.367. The smallest absolute Gasteiger partial charge is 0.183 e. The molecule has 0 aromatic carbocycles. The van der Waals surface area contributed by atoms with Crippen LogP contribution >= 0.6 is 31.9 Å². The van der Waals surface area contributed by atoms with Gasteiger partial charge in [0.2, 0.25) is 0 Å². The third-order valence-corrected chi connectivity index (χ3v) is 4.10. The van der Waals surface area contributed by atoms with E-state index in [1.165, 1.54) is 12.8 Å². The molecule has 0 amide bonds. The highest BCUT2D eigenvalue weighted by molar-refractivity contribution is 9.13. The monoisotopic (exact) mass is 307 g/mol. The molecule has 1 heterocycles. The summed E-state index contributed by atoms with van der Waals surface area (Å²) in [4.78, 5) is 0. The lowest BCUT2D eigenvalue weighted by atomic mass is 10.3. The summed E-state index contributed by atoms with van der Waals surface area (Å²) < 4.78 is 7.19. The maximum Gasteiger partial charge on any atom is 0.183 e. The molecule has 0 radical (unpaired) electrons. The predicted octanol–water partition coefficient (Wildman–Crippen LogP) is 3.45. The van der Waals surface area contributed by atoms with E-state index in [2.05, 4.69) is 44.1 Å². The van der Waals surface area contributed by atoms with Gasteiger partial charge in [-0.1, -0.05) is 0 Å². The number of rotatable bonds is 3. The van der Waals surface area contributed by atoms with E-state index in [1.54, 1.807) is 0 Å². The van der Waals surface area contributed by atoms with Crippen molar-refractivity contribution in [2.24, 2.45) is 0 Å². The molecule has 2 nitrogen and oxygen atoms in total. The fourth-order valence-electron chi connectivity index (χ4n) is 1.14. The van der Waals surface area contributed by atoms with E-state index >= 15 is 0 Å². The van der Waals surface area contributed by atoms with E-state index in [1.807, 2.05) is 6.07 Å². The molecule has 2 rings (SSSR count). The first-order valence-corrected chi connectivity index (χ1v) is 5.86. The third kappa shape index (κ3) is 2.36. The van der Waals surface area contributed by atoms with Crippen LogP contribution in [0.25, 0.3) is 0 Å². The Morgan fingerprint density at radius 3 is 2.69 bits per heavy atom. The number of halogens is 2. The average molecular weight is 309 g/mol. The van der Waals surface area contributed by atoms with Crippen molar-refractivity contribution in [1.82, 2.24) is 5.32 Å². The molecule has 13 heavy (non-hydrogen) atoms. The minimum atomic E-state index is 0.367. The molecule has 0 bridgehead atoms. The molecule has 1 aromatic rings. The van der Waals surface area contributed by atoms with Gasteiger partial charge in [0.25, 0.3) is 0 Å². The first-order valence-electron chi connectivity index (χ1n) is 4.28. The van der Waals surface area contributed by atoms with Gasteiger partial charge in [-0.25, -0.2) is 0 Å². The van der Waals surface area contributed by atoms with Gasteiger partial charge < -0.3 is 9.73 Å². The fourth-order valence-corrected chi connectivity index (χ4v) is 1.80. The second-order valence-electron chi connectivity index (χ2n) is 3.75. The minimum Gasteiger partial charge on any atom is -0.452 e. The van der Waals surface area contributed by atoms with Crippen molar-refractivity contribution in [3.05, 3.63) is 21.0 Å². The number of hydrogen-bond acceptors (Lipinski definition) is 2. The lowest BCUT2D eigenvalue weighted by molar-refractivity contribution is 0.436. The molecule has 1 saturated carbocycles. The van der Waals surface area contributed by atoms with Gasteiger partial charge in [-0.05, 0) is 57.7 Å². The zero-order valence-electron chi connectivity index (χ0n) is 7.36. The van der Waals surface area contributed by atoms with Crippen LogP contribution < -0.4 is 5.32 Å². The van der Waals surface area contributed by atoms with Gasteiger partial charge >= 0.3 is 0 Å². The molecular weight excluding hydrogens is 298 g/mol. The largest absolute Gasteiger partial charge is 0.452 e. The molecule has 1 aromatic heterocycles. The summed E-state index contributed by atoms with van der Waals surface area (Å²) in [7, 11) is 0. The Morgan fingerprint density at radius 2 is 2.23 bits per heavy atom. The second-order valence-corrected chi connectivity index (χ2v) is 5.32. The van der Waals surface area contributed by atoms with Crippen molar-refractivity contribution in [2.75, 3.05) is 0 Å². The number of hydrogen-bond donors (Lipinski definition) is 1. The van der Waals surface area contributed by atoms with E-state index in [0.717, 1.165) is 21.4 Å². The molecule has 1 aliphatic rings. The molecule has 4 heteroatoms. The predicted molar refractivity (Wildman–Crippen MR) is 58.6 cm³/mol. The third-order valence-electron chi connectivity index (χ3n) is 2.39. The molecule has 0 unspecified atom stereocenters. The van der Waals surface area contributed by atoms with E-state index in [9.17, 15) is 0 Å². The first kappa shape index (κ1) is 9.74. The van der Waals surface area contributed by atoms with Gasteiger partial charge in [-0.15, -0.1) is 0 Å². The van der Waals surface area contributed by atoms with E-state index < -0.39 is 0 Å². The Bertz CT molecular complexity index is 298. The van der Waals surface area contributed by atoms with Gasteiger partial charge in [0, 0.05) is 5.54 Å². The van der Waals surface area contributed by atoms with Crippen molar-refractivity contribution < 1.29 is 4.42 Å². The van der Waals surface area contributed by atoms with E-state index in [-0.39, 0.29) is 0 Å². The Labute approximate surface area is 94.3 Å². The van der Waals surface area contributed by atoms with Crippen LogP contribution in [0.4, 0.5) is 0 Å². The summed E-state index contributed by atoms with van der Waals surface area (Å²) in [5.41, 5.74) is 0.367. The number of nitrogens with one attached hydrogen (secondary N) is 1. The lowest BCUT2D eigenvalue weighted by Gasteiger charge is -2.08. The van der Waals surface area contributed by atoms with Gasteiger partial charge in [-0.2, -0.15) is 0 Å². The average Bonchev–Trinajstić information content (AvgIpc) is 2.72. The van der Waals surface area contributed by atoms with Crippen molar-refractivity contribution in [1.29, 1.82) is 0 Å². The van der Waals surface area contributed by atoms with Gasteiger partial charge in [0.15, 0.2) is 4.67 Å². The molecule has 1 aliphatic carbocycles. The molecule has 0 spiro atoms. The molecule has 1 N–H and O–H groups in total. The molecule has 0 atom stereocenters. The van der Waals surface area contributed by atoms with Crippen LogP contribution in [-0.4, -0.2) is 5.54 Å². The highest BCUT2D eigenvalue weighted by Gasteiger charge is 2.36. The van der Waals surface area contributed by atoms with Crippen LogP contribution in [-0.2, 0) is 6.54 Å². The maximum atomic E-state index is 5.44. The van der Waals surface area contributed by atoms with Crippen molar-refractivity contribution in [3.8, 4) is 0 Å². The zero-order valence-corrected chi connectivity index (χ0v) is 10.5. The topological polar surface area (TPSA) is 25.2 Å². The molecule has 0 aliphatic heterocycles. The van der Waals surface area contributed by atoms with Gasteiger partial charge in [-0.3, -0.25) is 0 Å². The van der Waals surface area contributed by atoms with Gasteiger partial charge in [0.05, 0.1) is 11.0 Å². The first-order chi connectivity index (χ1) is 6.09. The van der Waals surface area contributed by atoms with Crippen LogP contribution in [0.2, 0.25) is 0 Å². The summed E-state index contributed by atoms with van der Waals surface area (Å²) in [5, 5.41) is 3.45. The Hall–Kier alpha value is 0.200. The van der Waals surface area contributed by atoms with Crippen LogP contribution in [0.3, 0.4) is 0 Å². The summed E-state index contributed by atoms with van der Waals surface area (Å²) in [5.74, 6) is 0.965. The summed E-state index contributed by atoms with van der Waals surface area (Å²) in [6, 6.07) is 1.99. The summed E-state index contributed by atoms with van der Waals surface area (Å²) in [6.07, 6.45) is 2.55. The summed E-state index contributed by atoms with van der Waals surface area (Å²) in [6.45, 7) is 3.04. The SMILES string of the molecule is CC1(NCc2cc(Br)c(Br)o2)CC1. The highest BCUT2D eigenvalue weighted by Crippen LogP contribution is 2.35. The molecule has 0 saturated heterocycles.